The Morgan fingerprint density at radius 2 is 1.70 bits per heavy atom. The first-order valence-electron chi connectivity index (χ1n) is 10.0. The van der Waals surface area contributed by atoms with Crippen LogP contribution in [0.5, 0.6) is 0 Å². The van der Waals surface area contributed by atoms with Gasteiger partial charge in [0.25, 0.3) is 0 Å². The van der Waals surface area contributed by atoms with Crippen LogP contribution in [0.3, 0.4) is 0 Å². The summed E-state index contributed by atoms with van der Waals surface area (Å²) in [5, 5.41) is 13.2. The Morgan fingerprint density at radius 1 is 1.00 bits per heavy atom. The zero-order valence-corrected chi connectivity index (χ0v) is 17.6. The Hall–Kier alpha value is -3.24. The highest BCUT2D eigenvalue weighted by Crippen LogP contribution is 2.42. The molecule has 0 bridgehead atoms. The first-order chi connectivity index (χ1) is 14.3. The van der Waals surface area contributed by atoms with Gasteiger partial charge in [-0.3, -0.25) is 4.98 Å². The van der Waals surface area contributed by atoms with Crippen molar-refractivity contribution >= 4 is 27.6 Å². The van der Waals surface area contributed by atoms with E-state index in [-0.39, 0.29) is 0 Å². The van der Waals surface area contributed by atoms with Crippen LogP contribution in [0.25, 0.3) is 32.8 Å². The largest absolute Gasteiger partial charge is 0.479 e. The van der Waals surface area contributed by atoms with E-state index in [0.29, 0.717) is 5.56 Å². The van der Waals surface area contributed by atoms with Crippen LogP contribution < -0.4 is 0 Å². The summed E-state index contributed by atoms with van der Waals surface area (Å²) in [6, 6.07) is 20.0. The molecule has 1 aromatic heterocycles. The molecule has 1 atom stereocenters. The lowest BCUT2D eigenvalue weighted by molar-refractivity contribution is -0.160. The first kappa shape index (κ1) is 20.0. The van der Waals surface area contributed by atoms with Crippen LogP contribution in [0.1, 0.15) is 38.0 Å². The number of aliphatic carboxylic acids is 1. The second kappa shape index (κ2) is 7.54. The number of hydrogen-bond acceptors (Lipinski definition) is 3. The average Bonchev–Trinajstić information content (AvgIpc) is 2.70. The van der Waals surface area contributed by atoms with E-state index in [2.05, 4.69) is 11.1 Å². The number of para-hydroxylation sites is 1. The molecule has 0 unspecified atom stereocenters. The number of fused-ring (bicyclic) bond motifs is 2. The second-order valence-corrected chi connectivity index (χ2v) is 8.53. The van der Waals surface area contributed by atoms with Crippen molar-refractivity contribution in [2.45, 2.75) is 39.4 Å². The van der Waals surface area contributed by atoms with Gasteiger partial charge in [0.2, 0.25) is 0 Å². The number of nitrogens with zero attached hydrogens (tertiary/aromatic N) is 1. The summed E-state index contributed by atoms with van der Waals surface area (Å²) in [5.41, 5.74) is 3.56. The van der Waals surface area contributed by atoms with Crippen molar-refractivity contribution in [2.75, 3.05) is 0 Å². The Kier molecular flexibility index (Phi) is 5.04. The first-order valence-corrected chi connectivity index (χ1v) is 10.0. The van der Waals surface area contributed by atoms with Crippen molar-refractivity contribution < 1.29 is 14.6 Å². The van der Waals surface area contributed by atoms with Crippen LogP contribution >= 0.6 is 0 Å². The van der Waals surface area contributed by atoms with Crippen molar-refractivity contribution in [3.05, 3.63) is 78.0 Å². The molecule has 0 spiro atoms. The van der Waals surface area contributed by atoms with Gasteiger partial charge in [-0.1, -0.05) is 54.6 Å². The third-order valence-corrected chi connectivity index (χ3v) is 5.16. The van der Waals surface area contributed by atoms with Crippen molar-refractivity contribution in [1.82, 2.24) is 4.98 Å². The molecule has 4 nitrogen and oxygen atoms in total. The predicted octanol–water partition coefficient (Wildman–Crippen LogP) is 6.30. The number of aryl methyl sites for hydroxylation is 1. The normalized spacial score (nSPS) is 12.9. The van der Waals surface area contributed by atoms with Crippen molar-refractivity contribution in [3.63, 3.8) is 0 Å². The van der Waals surface area contributed by atoms with Crippen LogP contribution in [0, 0.1) is 6.92 Å². The molecule has 1 N–H and O–H groups in total. The number of carboxylic acids is 1. The molecule has 0 radical (unpaired) electrons. The maximum Gasteiger partial charge on any atom is 0.337 e. The zero-order valence-electron chi connectivity index (χ0n) is 17.6. The summed E-state index contributed by atoms with van der Waals surface area (Å²) in [4.78, 5) is 17.0. The van der Waals surface area contributed by atoms with Gasteiger partial charge < -0.3 is 9.84 Å². The van der Waals surface area contributed by atoms with Gasteiger partial charge in [0.05, 0.1) is 11.1 Å². The lowest BCUT2D eigenvalue weighted by atomic mass is 9.86. The molecule has 4 heteroatoms. The average molecular weight is 399 g/mol. The van der Waals surface area contributed by atoms with E-state index >= 15 is 0 Å². The molecule has 1 heterocycles. The van der Waals surface area contributed by atoms with E-state index < -0.39 is 17.7 Å². The quantitative estimate of drug-likeness (QED) is 0.437. The van der Waals surface area contributed by atoms with Crippen LogP contribution in [0.2, 0.25) is 0 Å². The minimum absolute atomic E-state index is 0.616. The number of rotatable bonds is 4. The topological polar surface area (TPSA) is 59.4 Å². The molecule has 0 saturated carbocycles. The lowest BCUT2D eigenvalue weighted by Crippen LogP contribution is -2.28. The highest BCUT2D eigenvalue weighted by atomic mass is 16.5. The van der Waals surface area contributed by atoms with Crippen molar-refractivity contribution in [1.29, 1.82) is 0 Å². The fourth-order valence-electron chi connectivity index (χ4n) is 4.02. The Morgan fingerprint density at radius 3 is 2.43 bits per heavy atom. The van der Waals surface area contributed by atoms with Gasteiger partial charge in [-0.25, -0.2) is 4.79 Å². The van der Waals surface area contributed by atoms with E-state index in [9.17, 15) is 9.90 Å². The zero-order chi connectivity index (χ0) is 21.5. The van der Waals surface area contributed by atoms with Gasteiger partial charge in [-0.05, 0) is 55.7 Å². The molecule has 0 aliphatic carbocycles. The van der Waals surface area contributed by atoms with Gasteiger partial charge >= 0.3 is 5.97 Å². The molecule has 0 aliphatic rings. The number of aromatic nitrogens is 1. The summed E-state index contributed by atoms with van der Waals surface area (Å²) in [5.74, 6) is -1.00. The predicted molar refractivity (Wildman–Crippen MR) is 121 cm³/mol. The molecule has 3 aromatic carbocycles. The monoisotopic (exact) mass is 399 g/mol. The van der Waals surface area contributed by atoms with Gasteiger partial charge in [-0.2, -0.15) is 0 Å². The minimum Gasteiger partial charge on any atom is -0.479 e. The highest BCUT2D eigenvalue weighted by Gasteiger charge is 2.31. The lowest BCUT2D eigenvalue weighted by Gasteiger charge is -2.28. The van der Waals surface area contributed by atoms with Gasteiger partial charge in [-0.15, -0.1) is 0 Å². The van der Waals surface area contributed by atoms with Crippen LogP contribution in [0.4, 0.5) is 0 Å². The number of benzene rings is 3. The van der Waals surface area contributed by atoms with Crippen LogP contribution in [0.15, 0.2) is 66.9 Å². The molecular weight excluding hydrogens is 374 g/mol. The number of carboxylic acid groups (broad SMARTS) is 1. The maximum absolute atomic E-state index is 12.4. The molecule has 0 saturated heterocycles. The second-order valence-electron chi connectivity index (χ2n) is 8.53. The number of hydrogen-bond donors (Lipinski definition) is 1. The van der Waals surface area contributed by atoms with Crippen molar-refractivity contribution in [3.8, 4) is 11.1 Å². The smallest absolute Gasteiger partial charge is 0.337 e. The maximum atomic E-state index is 12.4. The number of ether oxygens (including phenoxy) is 1. The standard InChI is InChI=1S/C26H25NO3/c1-16-15-18-9-5-6-12-19(18)22(21(16)24(25(28)29)30-26(2,3)4)20-13-7-10-17-11-8-14-27-23(17)20/h5-15,24H,1-4H3,(H,28,29)/t24-/m0/s1. The number of carbonyl (C=O) groups is 1. The van der Waals surface area contributed by atoms with E-state index in [1.165, 1.54) is 0 Å². The van der Waals surface area contributed by atoms with E-state index in [0.717, 1.165) is 38.4 Å². The van der Waals surface area contributed by atoms with Gasteiger partial charge in [0.15, 0.2) is 6.10 Å². The molecule has 4 aromatic rings. The van der Waals surface area contributed by atoms with Crippen molar-refractivity contribution in [2.24, 2.45) is 0 Å². The highest BCUT2D eigenvalue weighted by molar-refractivity contribution is 6.06. The van der Waals surface area contributed by atoms with E-state index in [4.69, 9.17) is 4.74 Å². The molecule has 152 valence electrons. The molecule has 0 amide bonds. The SMILES string of the molecule is Cc1cc2ccccc2c(-c2cccc3cccnc23)c1[C@H](OC(C)(C)C)C(=O)O. The fraction of sp³-hybridized carbons (Fsp3) is 0.231. The third-order valence-electron chi connectivity index (χ3n) is 5.16. The summed E-state index contributed by atoms with van der Waals surface area (Å²) < 4.78 is 6.07. The summed E-state index contributed by atoms with van der Waals surface area (Å²) in [6.45, 7) is 7.57. The summed E-state index contributed by atoms with van der Waals surface area (Å²) in [7, 11) is 0. The Balaban J connectivity index is 2.14. The molecule has 0 aliphatic heterocycles. The van der Waals surface area contributed by atoms with E-state index in [1.54, 1.807) is 6.20 Å². The Labute approximate surface area is 176 Å². The Bertz CT molecular complexity index is 1250. The third kappa shape index (κ3) is 3.66. The minimum atomic E-state index is -1.09. The molecular formula is C26H25NO3. The number of pyridine rings is 1. The summed E-state index contributed by atoms with van der Waals surface area (Å²) in [6.07, 6.45) is 0.674. The van der Waals surface area contributed by atoms with Gasteiger partial charge in [0.1, 0.15) is 0 Å². The fourth-order valence-corrected chi connectivity index (χ4v) is 4.02. The molecule has 4 rings (SSSR count). The van der Waals surface area contributed by atoms with Gasteiger partial charge in [0, 0.05) is 22.7 Å². The van der Waals surface area contributed by atoms with E-state index in [1.807, 2.05) is 82.3 Å². The van der Waals surface area contributed by atoms with Crippen LogP contribution in [-0.4, -0.2) is 21.7 Å². The molecule has 30 heavy (non-hydrogen) atoms. The summed E-state index contributed by atoms with van der Waals surface area (Å²) >= 11 is 0. The molecule has 0 fully saturated rings. The van der Waals surface area contributed by atoms with Crippen LogP contribution in [-0.2, 0) is 9.53 Å².